The third kappa shape index (κ3) is 28.9. The van der Waals surface area contributed by atoms with Gasteiger partial charge < -0.3 is 17.2 Å². The Kier molecular flexibility index (Phi) is 41.4. The maximum atomic E-state index is 13.0. The number of benzene rings is 3. The van der Waals surface area contributed by atoms with Crippen molar-refractivity contribution in [3.8, 4) is 0 Å². The zero-order chi connectivity index (χ0) is 85.8. The summed E-state index contributed by atoms with van der Waals surface area (Å²) < 4.78 is 53.6. The number of rotatable bonds is 34. The minimum atomic E-state index is -1.51. The molecule has 9 N–H and O–H groups in total. The van der Waals surface area contributed by atoms with Crippen LogP contribution in [0.25, 0.3) is 10.8 Å². The summed E-state index contributed by atoms with van der Waals surface area (Å²) in [4.78, 5) is 74.7. The normalized spacial score (nSPS) is 23.0. The van der Waals surface area contributed by atoms with E-state index >= 15 is 0 Å². The van der Waals surface area contributed by atoms with Crippen LogP contribution in [0.2, 0.25) is 0 Å². The number of fused-ring (bicyclic) bond motifs is 1. The summed E-state index contributed by atoms with van der Waals surface area (Å²) >= 11 is 20.6. The van der Waals surface area contributed by atoms with Crippen LogP contribution in [0.1, 0.15) is 226 Å². The average molecular weight is 1870 g/mol. The van der Waals surface area contributed by atoms with Gasteiger partial charge in [-0.25, -0.2) is 26.8 Å². The standard InChI is InChI=1S/C20H25NO2S3.C17H25NO2S3.C16H29NO2S3.C12H21NOS2.C10H17NOS2.C10H19NOS2/c1-14(22)20(24-11-12-25-20)18(21-26(23)19(2,3)4)17-10-9-15-7-5-6-8-16(15)13-17;1-12(2)11-16(17(14(4)19)21-9-10-22-17)18-23(20)15-7-5-13(3)6-8-15;1-5-6-13(17-22(19)15(2,3)4)16(20-9-10-21-16)14(18)11-12-7-8-12;1-2-3-10(13)12(15-6-7-16-12)11(14)8-9-4-5-9;1-7(12)10(13-4-5-14-10)9(11)6-8-2-3-8;1-7(2)6-9(11)10(8(3)12)13-4-5-14-10/h5-10,13,18,21H,11-12H2,1-4H3;5-8,12,16,18H,9-11H2,1-4H3;12-13,17H,5-11H2,1-4H3;9-10H,2-8,13H2,1H3;8-9H,2-6,11H2,1H3;7,9H,4-6,11H2,1-3H3/i18D;;;;;. The van der Waals surface area contributed by atoms with Crippen LogP contribution < -0.4 is 31.4 Å². The number of hydrogen-bond donors (Lipinski definition) is 6. The fraction of sp³-hybridized carbons (Fsp3) is 0.741. The first-order chi connectivity index (χ1) is 54.6. The number of nitrogens with one attached hydrogen (secondary N) is 3. The van der Waals surface area contributed by atoms with Crippen molar-refractivity contribution in [1.82, 2.24) is 14.2 Å². The van der Waals surface area contributed by atoms with E-state index in [2.05, 4.69) is 55.7 Å². The highest BCUT2D eigenvalue weighted by Gasteiger charge is 2.54. The van der Waals surface area contributed by atoms with Gasteiger partial charge in [0, 0.05) is 100 Å². The zero-order valence-electron chi connectivity index (χ0n) is 72.2. The van der Waals surface area contributed by atoms with Gasteiger partial charge >= 0.3 is 0 Å². The van der Waals surface area contributed by atoms with Gasteiger partial charge in [0.25, 0.3) is 0 Å². The van der Waals surface area contributed by atoms with Crippen LogP contribution in [-0.2, 0) is 61.7 Å². The van der Waals surface area contributed by atoms with E-state index in [1.807, 2.05) is 115 Å². The highest BCUT2D eigenvalue weighted by Crippen LogP contribution is 2.56. The van der Waals surface area contributed by atoms with Gasteiger partial charge in [-0.3, -0.25) is 28.8 Å². The van der Waals surface area contributed by atoms with Gasteiger partial charge in [-0.1, -0.05) is 121 Å². The number of hydrogen-bond acceptors (Lipinski definition) is 24. The molecule has 0 spiro atoms. The largest absolute Gasteiger partial charge is 0.325 e. The summed E-state index contributed by atoms with van der Waals surface area (Å²) in [7, 11) is -3.93. The molecule has 0 amide bonds. The van der Waals surface area contributed by atoms with Crippen molar-refractivity contribution >= 4 is 220 Å². The van der Waals surface area contributed by atoms with E-state index < -0.39 is 56.0 Å². The molecule has 3 aromatic rings. The number of carbonyl (C=O) groups excluding carboxylic acids is 6. The summed E-state index contributed by atoms with van der Waals surface area (Å²) in [6, 6.07) is 19.9. The molecule has 9 atom stereocenters. The Morgan fingerprint density at radius 3 is 1.24 bits per heavy atom. The number of aryl methyl sites for hydroxylation is 1. The van der Waals surface area contributed by atoms with Gasteiger partial charge in [0.05, 0.1) is 55.8 Å². The molecule has 3 aromatic carbocycles. The number of ketones is 6. The predicted octanol–water partition coefficient (Wildman–Crippen LogP) is 18.9. The molecule has 12 rings (SSSR count). The number of Topliss-reactive ketones (excluding diaryl/α,β-unsaturated/α-hetero) is 6. The second-order valence-electron chi connectivity index (χ2n) is 34.1. The van der Waals surface area contributed by atoms with E-state index in [4.69, 9.17) is 17.2 Å². The Morgan fingerprint density at radius 2 is 0.835 bits per heavy atom. The molecule has 0 bridgehead atoms. The summed E-state index contributed by atoms with van der Waals surface area (Å²) in [5.74, 6) is 16.5. The maximum Gasteiger partial charge on any atom is 0.160 e. The third-order valence-corrected chi connectivity index (χ3v) is 47.7. The van der Waals surface area contributed by atoms with E-state index in [0.717, 1.165) is 148 Å². The van der Waals surface area contributed by atoms with Gasteiger partial charge in [0.1, 0.15) is 35.5 Å². The lowest BCUT2D eigenvalue weighted by atomic mass is 9.98. The molecule has 9 aliphatic rings. The molecule has 9 fully saturated rings. The van der Waals surface area contributed by atoms with Gasteiger partial charge in [-0.2, -0.15) is 0 Å². The number of thioether (sulfide) groups is 12. The molecule has 115 heavy (non-hydrogen) atoms. The van der Waals surface area contributed by atoms with Gasteiger partial charge in [0.15, 0.2) is 34.7 Å². The van der Waals surface area contributed by atoms with Crippen molar-refractivity contribution < 1.29 is 42.8 Å². The molecular formula is C85H136N6O9S15. The lowest BCUT2D eigenvalue weighted by Crippen LogP contribution is -2.53. The van der Waals surface area contributed by atoms with Crippen molar-refractivity contribution in [3.05, 3.63) is 77.9 Å². The quantitative estimate of drug-likeness (QED) is 0.0324. The molecule has 6 aliphatic heterocycles. The molecule has 6 heterocycles. The number of carbonyl (C=O) groups is 6. The van der Waals surface area contributed by atoms with Crippen molar-refractivity contribution in [2.45, 2.75) is 289 Å². The molecule has 15 nitrogen and oxygen atoms in total. The maximum absolute atomic E-state index is 13.0. The molecule has 0 aromatic heterocycles. The Morgan fingerprint density at radius 1 is 0.452 bits per heavy atom. The van der Waals surface area contributed by atoms with Gasteiger partial charge in [-0.05, 0) is 198 Å². The van der Waals surface area contributed by atoms with Gasteiger partial charge in [-0.15, -0.1) is 141 Å². The lowest BCUT2D eigenvalue weighted by molar-refractivity contribution is -0.120. The summed E-state index contributed by atoms with van der Waals surface area (Å²) in [5, 5.41) is 2.07. The second-order valence-corrected chi connectivity index (χ2v) is 56.8. The first-order valence-electron chi connectivity index (χ1n) is 41.7. The van der Waals surface area contributed by atoms with Gasteiger partial charge in [0.2, 0.25) is 0 Å². The average Bonchev–Trinajstić information content (AvgIpc) is 1.18. The van der Waals surface area contributed by atoms with Crippen molar-refractivity contribution in [1.29, 1.82) is 0 Å². The summed E-state index contributed by atoms with van der Waals surface area (Å²) in [6.07, 6.45) is 15.8. The minimum Gasteiger partial charge on any atom is -0.325 e. The van der Waals surface area contributed by atoms with E-state index in [1.54, 1.807) is 138 Å². The molecule has 9 unspecified atom stereocenters. The molecule has 3 saturated carbocycles. The van der Waals surface area contributed by atoms with Crippen molar-refractivity contribution in [2.75, 3.05) is 69.0 Å². The summed E-state index contributed by atoms with van der Waals surface area (Å²) in [5.41, 5.74) is 20.4. The zero-order valence-corrected chi connectivity index (χ0v) is 83.5. The Bertz CT molecular complexity index is 3730. The Balaban J connectivity index is 0.000000196. The molecule has 6 saturated heterocycles. The van der Waals surface area contributed by atoms with Crippen molar-refractivity contribution in [3.63, 3.8) is 0 Å². The first-order valence-corrected chi connectivity index (χ1v) is 56.5. The minimum absolute atomic E-state index is 0.00121. The van der Waals surface area contributed by atoms with Crippen LogP contribution >= 0.6 is 141 Å². The van der Waals surface area contributed by atoms with E-state index in [-0.39, 0.29) is 70.3 Å². The first kappa shape index (κ1) is 101. The van der Waals surface area contributed by atoms with Crippen LogP contribution in [0.4, 0.5) is 0 Å². The monoisotopic (exact) mass is 1870 g/mol. The van der Waals surface area contributed by atoms with Crippen LogP contribution in [0.5, 0.6) is 0 Å². The molecule has 3 aliphatic carbocycles. The molecule has 0 radical (unpaired) electrons. The fourth-order valence-electron chi connectivity index (χ4n) is 14.1. The molecule has 30 heteroatoms. The Labute approximate surface area is 751 Å². The fourth-order valence-corrected chi connectivity index (χ4v) is 36.5. The lowest BCUT2D eigenvalue weighted by Gasteiger charge is -2.36. The molecular weight excluding hydrogens is 1730 g/mol. The van der Waals surface area contributed by atoms with Crippen LogP contribution in [0.15, 0.2) is 71.6 Å². The number of nitrogens with two attached hydrogens (primary N) is 3. The van der Waals surface area contributed by atoms with E-state index in [1.165, 1.54) is 69.0 Å². The smallest absolute Gasteiger partial charge is 0.160 e. The molecule has 650 valence electrons. The SMILES string of the molecule is CC(=O)C1(C(CC(C)C)NS(=O)c2ccc(C)cc2)SCCS1.CC(=O)C1(C(N)CC(C)C)SCCS1.CC(=O)C1(C(N)CC2CC2)SCCS1.CCCC(N)C1(C(=O)CC2CC2)SCCS1.CCCC(NS(=O)C(C)(C)C)C1(C(=O)CC2CC2)SCCS1.[2H]C(NS(=O)C(C)(C)C)(c1ccc2ccccc2c1)C1(C(C)=O)SCCS1. The van der Waals surface area contributed by atoms with Crippen LogP contribution in [0, 0.1) is 36.5 Å². The highest BCUT2D eigenvalue weighted by atomic mass is 32.2. The third-order valence-electron chi connectivity index (χ3n) is 21.0. The van der Waals surface area contributed by atoms with E-state index in [9.17, 15) is 42.8 Å². The predicted molar refractivity (Wildman–Crippen MR) is 520 cm³/mol. The second kappa shape index (κ2) is 47.2. The van der Waals surface area contributed by atoms with Crippen LogP contribution in [0.3, 0.4) is 0 Å². The Hall–Kier alpha value is 0.350. The van der Waals surface area contributed by atoms with Crippen molar-refractivity contribution in [2.24, 2.45) is 46.8 Å². The highest BCUT2D eigenvalue weighted by molar-refractivity contribution is 8.24. The van der Waals surface area contributed by atoms with E-state index in [0.29, 0.717) is 47.2 Å². The van der Waals surface area contributed by atoms with Crippen LogP contribution in [-0.4, -0.2) is 181 Å². The topological polar surface area (TPSA) is 268 Å². The summed E-state index contributed by atoms with van der Waals surface area (Å²) in [6.45, 7) is 33.0.